The number of hydrogen-bond donors (Lipinski definition) is 0. The summed E-state index contributed by atoms with van der Waals surface area (Å²) in [6.45, 7) is 6.30. The lowest BCUT2D eigenvalue weighted by atomic mass is 9.78. The first kappa shape index (κ1) is 12.6. The number of furan rings is 1. The third-order valence-electron chi connectivity index (χ3n) is 3.46. The molecule has 2 aromatic rings. The summed E-state index contributed by atoms with van der Waals surface area (Å²) in [6, 6.07) is 3.92. The lowest BCUT2D eigenvalue weighted by molar-refractivity contribution is 0.0916. The van der Waals surface area contributed by atoms with Gasteiger partial charge in [-0.2, -0.15) is 0 Å². The van der Waals surface area contributed by atoms with E-state index < -0.39 is 0 Å². The molecule has 0 atom stereocenters. The van der Waals surface area contributed by atoms with Gasteiger partial charge in [-0.1, -0.05) is 20.8 Å². The molecule has 0 N–H and O–H groups in total. The fourth-order valence-corrected chi connectivity index (χ4v) is 3.49. The van der Waals surface area contributed by atoms with Crippen LogP contribution in [0.5, 0.6) is 0 Å². The summed E-state index contributed by atoms with van der Waals surface area (Å²) in [4.78, 5) is 17.6. The monoisotopic (exact) mass is 275 g/mol. The van der Waals surface area contributed by atoms with Crippen molar-refractivity contribution in [3.63, 3.8) is 0 Å². The van der Waals surface area contributed by atoms with Crippen LogP contribution in [0.2, 0.25) is 0 Å². The molecule has 100 valence electrons. The summed E-state index contributed by atoms with van der Waals surface area (Å²) < 4.78 is 5.72. The molecule has 19 heavy (non-hydrogen) atoms. The van der Waals surface area contributed by atoms with Gasteiger partial charge in [0, 0.05) is 12.8 Å². The number of carbonyl (C=O) groups excluding carboxylic acids is 1. The van der Waals surface area contributed by atoms with Crippen LogP contribution in [0.3, 0.4) is 0 Å². The minimum absolute atomic E-state index is 0.0210. The van der Waals surface area contributed by atoms with E-state index in [1.165, 1.54) is 11.3 Å². The molecular weight excluding hydrogens is 258 g/mol. The first-order valence-electron chi connectivity index (χ1n) is 6.60. The minimum Gasteiger partial charge on any atom is -0.459 e. The third-order valence-corrected chi connectivity index (χ3v) is 4.61. The molecule has 4 heteroatoms. The average molecular weight is 275 g/mol. The highest BCUT2D eigenvalue weighted by Gasteiger charge is 2.34. The quantitative estimate of drug-likeness (QED) is 0.828. The van der Waals surface area contributed by atoms with Gasteiger partial charge in [-0.15, -0.1) is 11.3 Å². The first-order chi connectivity index (χ1) is 8.98. The van der Waals surface area contributed by atoms with Crippen molar-refractivity contribution in [2.45, 2.75) is 40.0 Å². The van der Waals surface area contributed by atoms with Crippen molar-refractivity contribution < 1.29 is 9.21 Å². The summed E-state index contributed by atoms with van der Waals surface area (Å²) in [5, 5.41) is 0.829. The van der Waals surface area contributed by atoms with Gasteiger partial charge in [-0.05, 0) is 24.0 Å². The van der Waals surface area contributed by atoms with E-state index >= 15 is 0 Å². The molecular formula is C15H17NO2S. The van der Waals surface area contributed by atoms with Crippen molar-refractivity contribution in [1.29, 1.82) is 0 Å². The molecule has 2 heterocycles. The second-order valence-electron chi connectivity index (χ2n) is 5.86. The van der Waals surface area contributed by atoms with E-state index in [0.29, 0.717) is 6.42 Å². The molecule has 0 amide bonds. The van der Waals surface area contributed by atoms with Crippen LogP contribution in [0.4, 0.5) is 0 Å². The SMILES string of the molecule is CCc1ccc(-c2nc3c(s2)C(=O)CC(C)(C)C3)o1. The smallest absolute Gasteiger partial charge is 0.175 e. The lowest BCUT2D eigenvalue weighted by Crippen LogP contribution is -2.25. The zero-order chi connectivity index (χ0) is 13.6. The predicted octanol–water partition coefficient (Wildman–Crippen LogP) is 4.12. The van der Waals surface area contributed by atoms with Crippen LogP contribution < -0.4 is 0 Å². The van der Waals surface area contributed by atoms with Crippen molar-refractivity contribution in [2.75, 3.05) is 0 Å². The number of aromatic nitrogens is 1. The maximum atomic E-state index is 12.1. The van der Waals surface area contributed by atoms with Gasteiger partial charge in [0.15, 0.2) is 16.6 Å². The molecule has 0 aliphatic heterocycles. The van der Waals surface area contributed by atoms with E-state index in [2.05, 4.69) is 25.8 Å². The Kier molecular flexibility index (Phi) is 2.86. The van der Waals surface area contributed by atoms with Crippen molar-refractivity contribution in [1.82, 2.24) is 4.98 Å². The fourth-order valence-electron chi connectivity index (χ4n) is 2.51. The first-order valence-corrected chi connectivity index (χ1v) is 7.42. The average Bonchev–Trinajstić information content (AvgIpc) is 2.92. The number of ketones is 1. The van der Waals surface area contributed by atoms with Crippen LogP contribution in [0.25, 0.3) is 10.8 Å². The maximum Gasteiger partial charge on any atom is 0.175 e. The molecule has 0 aromatic carbocycles. The summed E-state index contributed by atoms with van der Waals surface area (Å²) in [6.07, 6.45) is 2.35. The number of carbonyl (C=O) groups is 1. The molecule has 0 unspecified atom stereocenters. The van der Waals surface area contributed by atoms with Crippen LogP contribution in [-0.2, 0) is 12.8 Å². The maximum absolute atomic E-state index is 12.1. The zero-order valence-corrected chi connectivity index (χ0v) is 12.3. The van der Waals surface area contributed by atoms with Crippen molar-refractivity contribution in [3.8, 4) is 10.8 Å². The number of rotatable bonds is 2. The standard InChI is InChI=1S/C15H17NO2S/c1-4-9-5-6-12(18-9)14-16-10-7-15(2,3)8-11(17)13(10)19-14/h5-6H,4,7-8H2,1-3H3. The molecule has 0 saturated heterocycles. The Hall–Kier alpha value is -1.42. The van der Waals surface area contributed by atoms with E-state index in [1.807, 2.05) is 12.1 Å². The van der Waals surface area contributed by atoms with Gasteiger partial charge in [0.2, 0.25) is 0 Å². The summed E-state index contributed by atoms with van der Waals surface area (Å²) in [5.41, 5.74) is 0.961. The van der Waals surface area contributed by atoms with Crippen molar-refractivity contribution >= 4 is 17.1 Å². The molecule has 2 aromatic heterocycles. The number of thiazole rings is 1. The van der Waals surface area contributed by atoms with Crippen LogP contribution >= 0.6 is 11.3 Å². The Morgan fingerprint density at radius 2 is 2.16 bits per heavy atom. The number of hydrogen-bond acceptors (Lipinski definition) is 4. The van der Waals surface area contributed by atoms with Gasteiger partial charge in [-0.3, -0.25) is 4.79 Å². The Balaban J connectivity index is 2.01. The predicted molar refractivity (Wildman–Crippen MR) is 75.6 cm³/mol. The minimum atomic E-state index is 0.0210. The molecule has 0 fully saturated rings. The molecule has 0 bridgehead atoms. The Morgan fingerprint density at radius 3 is 2.84 bits per heavy atom. The number of fused-ring (bicyclic) bond motifs is 1. The summed E-state index contributed by atoms with van der Waals surface area (Å²) in [7, 11) is 0. The molecule has 3 rings (SSSR count). The highest BCUT2D eigenvalue weighted by atomic mass is 32.1. The zero-order valence-electron chi connectivity index (χ0n) is 11.4. The summed E-state index contributed by atoms with van der Waals surface area (Å²) >= 11 is 1.47. The van der Waals surface area contributed by atoms with Crippen molar-refractivity contribution in [2.24, 2.45) is 5.41 Å². The molecule has 0 saturated carbocycles. The second-order valence-corrected chi connectivity index (χ2v) is 6.85. The summed E-state index contributed by atoms with van der Waals surface area (Å²) in [5.74, 6) is 1.95. The van der Waals surface area contributed by atoms with Crippen molar-refractivity contribution in [3.05, 3.63) is 28.5 Å². The van der Waals surface area contributed by atoms with Gasteiger partial charge < -0.3 is 4.42 Å². The Bertz CT molecular complexity index is 636. The van der Waals surface area contributed by atoms with Gasteiger partial charge in [0.1, 0.15) is 5.76 Å². The van der Waals surface area contributed by atoms with Gasteiger partial charge >= 0.3 is 0 Å². The van der Waals surface area contributed by atoms with Gasteiger partial charge in [0.25, 0.3) is 0 Å². The van der Waals surface area contributed by atoms with Gasteiger partial charge in [0.05, 0.1) is 10.6 Å². The third kappa shape index (κ3) is 2.25. The Labute approximate surface area is 116 Å². The molecule has 0 spiro atoms. The van der Waals surface area contributed by atoms with E-state index in [9.17, 15) is 4.79 Å². The second kappa shape index (κ2) is 4.30. The van der Waals surface area contributed by atoms with Crippen LogP contribution in [0, 0.1) is 5.41 Å². The molecule has 3 nitrogen and oxygen atoms in total. The van der Waals surface area contributed by atoms with E-state index in [1.54, 1.807) is 0 Å². The normalized spacial score (nSPS) is 17.5. The van der Waals surface area contributed by atoms with E-state index in [4.69, 9.17) is 4.42 Å². The topological polar surface area (TPSA) is 43.1 Å². The Morgan fingerprint density at radius 1 is 1.37 bits per heavy atom. The molecule has 1 aliphatic carbocycles. The molecule has 0 radical (unpaired) electrons. The van der Waals surface area contributed by atoms with Crippen LogP contribution in [0.1, 0.15) is 48.3 Å². The van der Waals surface area contributed by atoms with E-state index in [0.717, 1.165) is 39.9 Å². The number of Topliss-reactive ketones (excluding diaryl/α,β-unsaturated/α-hetero) is 1. The van der Waals surface area contributed by atoms with Crippen LogP contribution in [-0.4, -0.2) is 10.8 Å². The fraction of sp³-hybridized carbons (Fsp3) is 0.467. The largest absolute Gasteiger partial charge is 0.459 e. The lowest BCUT2D eigenvalue weighted by Gasteiger charge is -2.26. The highest BCUT2D eigenvalue weighted by Crippen LogP contribution is 2.39. The van der Waals surface area contributed by atoms with Crippen LogP contribution in [0.15, 0.2) is 16.5 Å². The highest BCUT2D eigenvalue weighted by molar-refractivity contribution is 7.17. The molecule has 1 aliphatic rings. The van der Waals surface area contributed by atoms with Gasteiger partial charge in [-0.25, -0.2) is 4.98 Å². The number of nitrogens with zero attached hydrogens (tertiary/aromatic N) is 1. The number of aryl methyl sites for hydroxylation is 1. The van der Waals surface area contributed by atoms with E-state index in [-0.39, 0.29) is 11.2 Å².